The van der Waals surface area contributed by atoms with Crippen LogP contribution >= 0.6 is 11.6 Å². The molecule has 0 aliphatic rings. The second-order valence-electron chi connectivity index (χ2n) is 3.68. The molecule has 0 amide bonds. The van der Waals surface area contributed by atoms with Crippen LogP contribution in [0.3, 0.4) is 0 Å². The van der Waals surface area contributed by atoms with E-state index in [1.165, 1.54) is 5.57 Å². The average Bonchev–Trinajstić information content (AvgIpc) is 2.23. The maximum absolute atomic E-state index is 6.07. The first-order valence-corrected chi connectivity index (χ1v) is 5.62. The number of rotatable bonds is 5. The van der Waals surface area contributed by atoms with Gasteiger partial charge in [-0.3, -0.25) is 0 Å². The fraction of sp³-hybridized carbons (Fsp3) is 0.286. The molecule has 0 saturated carbocycles. The predicted octanol–water partition coefficient (Wildman–Crippen LogP) is 4.66. The first-order chi connectivity index (χ1) is 7.51. The molecule has 0 aliphatic carbocycles. The van der Waals surface area contributed by atoms with Gasteiger partial charge in [0.25, 0.3) is 0 Å². The van der Waals surface area contributed by atoms with Gasteiger partial charge in [0.1, 0.15) is 0 Å². The van der Waals surface area contributed by atoms with Crippen LogP contribution < -0.4 is 5.32 Å². The van der Waals surface area contributed by atoms with Gasteiger partial charge < -0.3 is 5.32 Å². The molecule has 0 aliphatic heterocycles. The molecule has 0 radical (unpaired) electrons. The zero-order valence-corrected chi connectivity index (χ0v) is 11.2. The van der Waals surface area contributed by atoms with Crippen molar-refractivity contribution in [1.29, 1.82) is 0 Å². The number of nitrogens with one attached hydrogen (secondary N) is 1. The maximum atomic E-state index is 6.07. The van der Waals surface area contributed by atoms with Crippen molar-refractivity contribution in [1.82, 2.24) is 5.32 Å². The van der Waals surface area contributed by atoms with Crippen molar-refractivity contribution in [2.45, 2.75) is 27.7 Å². The first kappa shape index (κ1) is 14.8. The highest BCUT2D eigenvalue weighted by Crippen LogP contribution is 2.11. The molecule has 0 aromatic heterocycles. The van der Waals surface area contributed by atoms with Crippen LogP contribution in [-0.2, 0) is 0 Å². The smallest absolute Gasteiger partial charge is 0.0637 e. The normalized spacial score (nSPS) is 13.4. The predicted molar refractivity (Wildman–Crippen MR) is 74.2 cm³/mol. The minimum Gasteiger partial charge on any atom is -0.358 e. The zero-order chi connectivity index (χ0) is 12.6. The maximum Gasteiger partial charge on any atom is 0.0637 e. The third-order valence-corrected chi connectivity index (χ3v) is 2.10. The van der Waals surface area contributed by atoms with Crippen molar-refractivity contribution in [3.63, 3.8) is 0 Å². The van der Waals surface area contributed by atoms with Gasteiger partial charge in [0.2, 0.25) is 0 Å². The van der Waals surface area contributed by atoms with E-state index < -0.39 is 0 Å². The summed E-state index contributed by atoms with van der Waals surface area (Å²) in [5.74, 6) is 0. The Morgan fingerprint density at radius 1 is 1.19 bits per heavy atom. The molecule has 1 N–H and O–H groups in total. The van der Waals surface area contributed by atoms with Crippen LogP contribution in [0, 0.1) is 0 Å². The Kier molecular flexibility index (Phi) is 7.40. The molecular weight excluding hydrogens is 218 g/mol. The summed E-state index contributed by atoms with van der Waals surface area (Å²) in [4.78, 5) is 0. The summed E-state index contributed by atoms with van der Waals surface area (Å²) in [7, 11) is 0. The molecule has 88 valence electrons. The quantitative estimate of drug-likeness (QED) is 0.686. The van der Waals surface area contributed by atoms with Gasteiger partial charge in [-0.25, -0.2) is 0 Å². The second kappa shape index (κ2) is 8.00. The molecule has 0 rings (SSSR count). The third kappa shape index (κ3) is 6.31. The first-order valence-electron chi connectivity index (χ1n) is 5.25. The molecule has 0 aromatic carbocycles. The van der Waals surface area contributed by atoms with E-state index in [9.17, 15) is 0 Å². The molecule has 16 heavy (non-hydrogen) atoms. The molecule has 0 spiro atoms. The van der Waals surface area contributed by atoms with Crippen molar-refractivity contribution >= 4 is 11.6 Å². The molecule has 0 aromatic rings. The standard InChI is InChI=1S/C14H20ClN/c1-6-8-13(15)14(7-2)16-12(5)10-9-11(3)4/h6-10,16H,2H2,1,3-5H3/b8-6-,12-10+,14-13-. The van der Waals surface area contributed by atoms with E-state index in [1.807, 2.05) is 38.2 Å². The largest absolute Gasteiger partial charge is 0.358 e. The van der Waals surface area contributed by atoms with Crippen LogP contribution in [-0.4, -0.2) is 0 Å². The van der Waals surface area contributed by atoms with Crippen molar-refractivity contribution in [2.24, 2.45) is 0 Å². The van der Waals surface area contributed by atoms with Crippen molar-refractivity contribution in [2.75, 3.05) is 0 Å². The minimum absolute atomic E-state index is 0.655. The zero-order valence-electron chi connectivity index (χ0n) is 10.5. The van der Waals surface area contributed by atoms with E-state index in [0.29, 0.717) is 5.03 Å². The number of hydrogen-bond acceptors (Lipinski definition) is 1. The van der Waals surface area contributed by atoms with Crippen LogP contribution in [0.1, 0.15) is 27.7 Å². The van der Waals surface area contributed by atoms with Gasteiger partial charge in [-0.05, 0) is 45.9 Å². The second-order valence-corrected chi connectivity index (χ2v) is 4.09. The lowest BCUT2D eigenvalue weighted by atomic mass is 10.3. The van der Waals surface area contributed by atoms with E-state index in [4.69, 9.17) is 11.6 Å². The Morgan fingerprint density at radius 3 is 2.25 bits per heavy atom. The topological polar surface area (TPSA) is 12.0 Å². The highest BCUT2D eigenvalue weighted by atomic mass is 35.5. The Hall–Kier alpha value is -1.21. The number of allylic oxidation sites excluding steroid dienone is 8. The molecule has 0 atom stereocenters. The summed E-state index contributed by atoms with van der Waals surface area (Å²) in [6, 6.07) is 0. The van der Waals surface area contributed by atoms with Crippen molar-refractivity contribution in [3.8, 4) is 0 Å². The van der Waals surface area contributed by atoms with E-state index in [2.05, 4.69) is 25.7 Å². The summed E-state index contributed by atoms with van der Waals surface area (Å²) >= 11 is 6.07. The van der Waals surface area contributed by atoms with Crippen LogP contribution in [0.4, 0.5) is 0 Å². The Labute approximate surface area is 104 Å². The van der Waals surface area contributed by atoms with Crippen LogP contribution in [0.25, 0.3) is 0 Å². The van der Waals surface area contributed by atoms with Crippen LogP contribution in [0.15, 0.2) is 59.0 Å². The molecule has 2 heteroatoms. The van der Waals surface area contributed by atoms with E-state index in [1.54, 1.807) is 6.08 Å². The molecule has 0 fully saturated rings. The number of hydrogen-bond donors (Lipinski definition) is 1. The average molecular weight is 238 g/mol. The summed E-state index contributed by atoms with van der Waals surface area (Å²) in [5.41, 5.74) is 3.10. The Morgan fingerprint density at radius 2 is 1.81 bits per heavy atom. The third-order valence-electron chi connectivity index (χ3n) is 1.77. The fourth-order valence-electron chi connectivity index (χ4n) is 0.990. The van der Waals surface area contributed by atoms with Crippen molar-refractivity contribution < 1.29 is 0 Å². The van der Waals surface area contributed by atoms with Gasteiger partial charge in [0.15, 0.2) is 0 Å². The molecule has 1 nitrogen and oxygen atoms in total. The summed E-state index contributed by atoms with van der Waals surface area (Å²) in [5, 5.41) is 3.86. The van der Waals surface area contributed by atoms with Gasteiger partial charge in [-0.2, -0.15) is 0 Å². The summed E-state index contributed by atoms with van der Waals surface area (Å²) in [6.07, 6.45) is 9.50. The van der Waals surface area contributed by atoms with E-state index in [0.717, 1.165) is 11.4 Å². The molecule has 0 bridgehead atoms. The highest BCUT2D eigenvalue weighted by molar-refractivity contribution is 6.31. The van der Waals surface area contributed by atoms with Gasteiger partial charge in [-0.15, -0.1) is 0 Å². The Bertz CT molecular complexity index is 353. The van der Waals surface area contributed by atoms with Crippen LogP contribution in [0.2, 0.25) is 0 Å². The lowest BCUT2D eigenvalue weighted by molar-refractivity contribution is 1.000. The lowest BCUT2D eigenvalue weighted by Crippen LogP contribution is -2.09. The monoisotopic (exact) mass is 237 g/mol. The van der Waals surface area contributed by atoms with Gasteiger partial charge >= 0.3 is 0 Å². The molecular formula is C14H20ClN. The van der Waals surface area contributed by atoms with Gasteiger partial charge in [-0.1, -0.05) is 35.9 Å². The minimum atomic E-state index is 0.655. The summed E-state index contributed by atoms with van der Waals surface area (Å²) in [6.45, 7) is 11.8. The highest BCUT2D eigenvalue weighted by Gasteiger charge is 1.97. The fourth-order valence-corrected chi connectivity index (χ4v) is 1.24. The molecule has 0 heterocycles. The lowest BCUT2D eigenvalue weighted by Gasteiger charge is -2.08. The van der Waals surface area contributed by atoms with Crippen molar-refractivity contribution in [3.05, 3.63) is 59.0 Å². The van der Waals surface area contributed by atoms with Gasteiger partial charge in [0, 0.05) is 5.70 Å². The van der Waals surface area contributed by atoms with E-state index in [-0.39, 0.29) is 0 Å². The molecule has 0 saturated heterocycles. The number of halogens is 1. The van der Waals surface area contributed by atoms with E-state index >= 15 is 0 Å². The SMILES string of the molecule is C=C/C(N/C(C)=C/C=C(C)C)=C(Cl)\C=C/C. The Balaban J connectivity index is 4.81. The molecule has 0 unspecified atom stereocenters. The van der Waals surface area contributed by atoms with Gasteiger partial charge in [0.05, 0.1) is 10.7 Å². The van der Waals surface area contributed by atoms with Crippen LogP contribution in [0.5, 0.6) is 0 Å². The summed E-state index contributed by atoms with van der Waals surface area (Å²) < 4.78 is 0.